The molecule has 2 rings (SSSR count). The summed E-state index contributed by atoms with van der Waals surface area (Å²) >= 11 is 0. The second kappa shape index (κ2) is 5.26. The lowest BCUT2D eigenvalue weighted by molar-refractivity contribution is 0.558. The van der Waals surface area contributed by atoms with Gasteiger partial charge in [-0.15, -0.1) is 5.10 Å². The van der Waals surface area contributed by atoms with Gasteiger partial charge in [0.2, 0.25) is 0 Å². The number of benzene rings is 1. The molecule has 0 fully saturated rings. The Morgan fingerprint density at radius 2 is 2.29 bits per heavy atom. The third kappa shape index (κ3) is 2.91. The van der Waals surface area contributed by atoms with Gasteiger partial charge in [0.05, 0.1) is 17.8 Å². The number of nitriles is 1. The van der Waals surface area contributed by atoms with Crippen LogP contribution in [0.5, 0.6) is 0 Å². The third-order valence-electron chi connectivity index (χ3n) is 2.78. The second-order valence-corrected chi connectivity index (χ2v) is 4.02. The van der Waals surface area contributed by atoms with E-state index in [0.717, 1.165) is 24.9 Å². The summed E-state index contributed by atoms with van der Waals surface area (Å²) in [5, 5.41) is 16.5. The second-order valence-electron chi connectivity index (χ2n) is 4.02. The molecule has 4 nitrogen and oxygen atoms in total. The van der Waals surface area contributed by atoms with Gasteiger partial charge in [-0.2, -0.15) is 5.26 Å². The Morgan fingerprint density at radius 3 is 3.00 bits per heavy atom. The van der Waals surface area contributed by atoms with E-state index in [1.54, 1.807) is 6.20 Å². The number of aromatic nitrogens is 3. The lowest BCUT2D eigenvalue weighted by atomic mass is 10.0. The van der Waals surface area contributed by atoms with Gasteiger partial charge in [-0.25, -0.2) is 0 Å². The summed E-state index contributed by atoms with van der Waals surface area (Å²) in [7, 11) is 0. The molecule has 0 atom stereocenters. The molecule has 0 spiro atoms. The number of nitrogens with zero attached hydrogens (tertiary/aromatic N) is 4. The van der Waals surface area contributed by atoms with Crippen LogP contribution in [0.25, 0.3) is 0 Å². The SMILES string of the molecule is Cc1ccc(C#N)cc1CCCn1ccnn1. The monoisotopic (exact) mass is 226 g/mol. The Kier molecular flexibility index (Phi) is 3.51. The molecule has 0 aliphatic rings. The van der Waals surface area contributed by atoms with E-state index in [0.29, 0.717) is 0 Å². The van der Waals surface area contributed by atoms with E-state index in [4.69, 9.17) is 5.26 Å². The Bertz CT molecular complexity index is 523. The predicted octanol–water partition coefficient (Wildman–Crippen LogP) is 2.09. The lowest BCUT2D eigenvalue weighted by Crippen LogP contribution is -2.01. The van der Waals surface area contributed by atoms with Gasteiger partial charge in [0.15, 0.2) is 0 Å². The maximum atomic E-state index is 8.86. The molecule has 0 saturated heterocycles. The largest absolute Gasteiger partial charge is 0.253 e. The first-order valence-corrected chi connectivity index (χ1v) is 5.63. The summed E-state index contributed by atoms with van der Waals surface area (Å²) in [5.41, 5.74) is 3.21. The minimum atomic E-state index is 0.728. The molecular weight excluding hydrogens is 212 g/mol. The molecule has 1 aromatic carbocycles. The highest BCUT2D eigenvalue weighted by Crippen LogP contribution is 2.13. The normalized spacial score (nSPS) is 10.1. The van der Waals surface area contributed by atoms with Gasteiger partial charge in [-0.3, -0.25) is 4.68 Å². The van der Waals surface area contributed by atoms with Crippen LogP contribution in [-0.2, 0) is 13.0 Å². The molecular formula is C13H14N4. The fraction of sp³-hybridized carbons (Fsp3) is 0.308. The third-order valence-corrected chi connectivity index (χ3v) is 2.78. The smallest absolute Gasteiger partial charge is 0.0991 e. The molecule has 0 radical (unpaired) electrons. The Hall–Kier alpha value is -2.15. The fourth-order valence-electron chi connectivity index (χ4n) is 1.79. The van der Waals surface area contributed by atoms with Crippen molar-refractivity contribution < 1.29 is 0 Å². The zero-order valence-corrected chi connectivity index (χ0v) is 9.80. The molecule has 1 heterocycles. The molecule has 0 aliphatic carbocycles. The fourth-order valence-corrected chi connectivity index (χ4v) is 1.79. The van der Waals surface area contributed by atoms with E-state index >= 15 is 0 Å². The topological polar surface area (TPSA) is 54.5 Å². The van der Waals surface area contributed by atoms with Gasteiger partial charge >= 0.3 is 0 Å². The molecule has 86 valence electrons. The van der Waals surface area contributed by atoms with Crippen LogP contribution in [0, 0.1) is 18.3 Å². The van der Waals surface area contributed by atoms with E-state index in [-0.39, 0.29) is 0 Å². The van der Waals surface area contributed by atoms with Crippen LogP contribution < -0.4 is 0 Å². The van der Waals surface area contributed by atoms with Gasteiger partial charge in [0, 0.05) is 12.7 Å². The summed E-state index contributed by atoms with van der Waals surface area (Å²) in [4.78, 5) is 0. The first kappa shape index (κ1) is 11.3. The van der Waals surface area contributed by atoms with Crippen LogP contribution in [-0.4, -0.2) is 15.0 Å². The van der Waals surface area contributed by atoms with Crippen molar-refractivity contribution in [1.29, 1.82) is 5.26 Å². The van der Waals surface area contributed by atoms with E-state index in [1.165, 1.54) is 11.1 Å². The van der Waals surface area contributed by atoms with E-state index in [9.17, 15) is 0 Å². The molecule has 0 aliphatic heterocycles. The molecule has 0 N–H and O–H groups in total. The summed E-state index contributed by atoms with van der Waals surface area (Å²) in [6.07, 6.45) is 5.50. The van der Waals surface area contributed by atoms with Crippen molar-refractivity contribution in [1.82, 2.24) is 15.0 Å². The molecule has 4 heteroatoms. The Labute approximate surface area is 101 Å². The number of hydrogen-bond acceptors (Lipinski definition) is 3. The molecule has 0 unspecified atom stereocenters. The van der Waals surface area contributed by atoms with E-state index in [2.05, 4.69) is 23.3 Å². The van der Waals surface area contributed by atoms with Gasteiger partial charge in [0.1, 0.15) is 0 Å². The quantitative estimate of drug-likeness (QED) is 0.802. The zero-order valence-electron chi connectivity index (χ0n) is 9.80. The van der Waals surface area contributed by atoms with Gasteiger partial charge in [-0.1, -0.05) is 11.3 Å². The summed E-state index contributed by atoms with van der Waals surface area (Å²) < 4.78 is 1.82. The van der Waals surface area contributed by atoms with Crippen molar-refractivity contribution in [3.63, 3.8) is 0 Å². The summed E-state index contributed by atoms with van der Waals surface area (Å²) in [6, 6.07) is 8.00. The molecule has 0 saturated carbocycles. The summed E-state index contributed by atoms with van der Waals surface area (Å²) in [6.45, 7) is 2.93. The van der Waals surface area contributed by atoms with Crippen LogP contribution in [0.3, 0.4) is 0 Å². The van der Waals surface area contributed by atoms with Crippen molar-refractivity contribution in [3.05, 3.63) is 47.3 Å². The molecule has 1 aromatic heterocycles. The average Bonchev–Trinajstić information content (AvgIpc) is 2.84. The number of aryl methyl sites for hydroxylation is 3. The minimum Gasteiger partial charge on any atom is -0.253 e. The molecule has 17 heavy (non-hydrogen) atoms. The van der Waals surface area contributed by atoms with Gasteiger partial charge in [-0.05, 0) is 43.0 Å². The lowest BCUT2D eigenvalue weighted by Gasteiger charge is -2.06. The highest BCUT2D eigenvalue weighted by molar-refractivity contribution is 5.37. The first-order chi connectivity index (χ1) is 8.29. The van der Waals surface area contributed by atoms with Crippen molar-refractivity contribution in [2.45, 2.75) is 26.3 Å². The first-order valence-electron chi connectivity index (χ1n) is 5.63. The van der Waals surface area contributed by atoms with Crippen LogP contribution >= 0.6 is 0 Å². The van der Waals surface area contributed by atoms with Crippen molar-refractivity contribution in [2.24, 2.45) is 0 Å². The standard InChI is InChI=1S/C13H14N4/c1-11-4-5-12(10-14)9-13(11)3-2-7-17-8-6-15-16-17/h4-6,8-9H,2-3,7H2,1H3. The highest BCUT2D eigenvalue weighted by atomic mass is 15.4. The van der Waals surface area contributed by atoms with Gasteiger partial charge in [0.25, 0.3) is 0 Å². The molecule has 2 aromatic rings. The van der Waals surface area contributed by atoms with Crippen molar-refractivity contribution >= 4 is 0 Å². The summed E-state index contributed by atoms with van der Waals surface area (Å²) in [5.74, 6) is 0. The number of hydrogen-bond donors (Lipinski definition) is 0. The zero-order chi connectivity index (χ0) is 12.1. The van der Waals surface area contributed by atoms with Crippen LogP contribution in [0.1, 0.15) is 23.1 Å². The van der Waals surface area contributed by atoms with Crippen LogP contribution in [0.4, 0.5) is 0 Å². The maximum absolute atomic E-state index is 8.86. The number of rotatable bonds is 4. The van der Waals surface area contributed by atoms with Crippen molar-refractivity contribution in [2.75, 3.05) is 0 Å². The minimum absolute atomic E-state index is 0.728. The molecule has 0 amide bonds. The predicted molar refractivity (Wildman–Crippen MR) is 64.2 cm³/mol. The van der Waals surface area contributed by atoms with E-state index < -0.39 is 0 Å². The van der Waals surface area contributed by atoms with Crippen molar-refractivity contribution in [3.8, 4) is 6.07 Å². The highest BCUT2D eigenvalue weighted by Gasteiger charge is 2.01. The van der Waals surface area contributed by atoms with Crippen LogP contribution in [0.15, 0.2) is 30.6 Å². The molecule has 0 bridgehead atoms. The maximum Gasteiger partial charge on any atom is 0.0991 e. The Morgan fingerprint density at radius 1 is 1.41 bits per heavy atom. The Balaban J connectivity index is 1.97. The van der Waals surface area contributed by atoms with Gasteiger partial charge < -0.3 is 0 Å². The van der Waals surface area contributed by atoms with Crippen LogP contribution in [0.2, 0.25) is 0 Å². The average molecular weight is 226 g/mol. The van der Waals surface area contributed by atoms with E-state index in [1.807, 2.05) is 29.1 Å².